The van der Waals surface area contributed by atoms with Crippen molar-refractivity contribution in [3.63, 3.8) is 0 Å². The van der Waals surface area contributed by atoms with E-state index in [4.69, 9.17) is 38.0 Å². The summed E-state index contributed by atoms with van der Waals surface area (Å²) in [4.78, 5) is 64.8. The van der Waals surface area contributed by atoms with E-state index < -0.39 is 22.4 Å². The number of aryl methyl sites for hydroxylation is 8. The standard InChI is InChI=1S/3C26H23N5O2.C25H22N6O2/c1-15-23(16(2)33-31-15)18-11-21(24-22(12-18)29-25(30-24)17-7-8-17)26(32,19-5-3-9-27-13-19)20-6-4-10-28-14-20;1-15-23(16(2)33-31-15)18-13-19(24-20(14-18)29-25(30-24)17-9-10-17)26(32,21-7-3-5-11-27-21)22-8-4-6-12-28-22;1-15-23(16(2)33-31-15)18-12-20(24-21(13-18)29-25(30-24)17-8-9-17)26(32,19-6-5-10-27-14-19)22-7-3-4-11-28-22;1-14-22(15(2)33-31-14)17-12-18(23-19(13-17)28-24(29-23)16-8-9-16)25(32,20-6-3-4-10-26-20)21-7-5-11-27-30-21/h3-6,9-14,17,32H,7-8H2,1-2H3,(H,29,30);3-8,11-14,17,32H,9-10H2,1-2H3,(H,29,30);3-7,10-14,17,32H,8-9H2,1-2H3,(H,29,30);3-7,10-13,16,32H,8-9H2,1-2H3,(H,28,29). The molecule has 24 rings (SSSR count). The molecule has 4 saturated carbocycles. The zero-order valence-electron chi connectivity index (χ0n) is 73.5. The van der Waals surface area contributed by atoms with Gasteiger partial charge in [0.15, 0.2) is 16.8 Å². The number of benzene rings is 4. The van der Waals surface area contributed by atoms with Crippen molar-refractivity contribution >= 4 is 44.1 Å². The summed E-state index contributed by atoms with van der Waals surface area (Å²) in [7, 11) is 0. The van der Waals surface area contributed by atoms with Crippen molar-refractivity contribution in [2.45, 2.75) is 153 Å². The van der Waals surface area contributed by atoms with Crippen LogP contribution in [-0.4, -0.2) is 126 Å². The van der Waals surface area contributed by atoms with Crippen molar-refractivity contribution in [3.8, 4) is 44.5 Å². The SMILES string of the molecule is Cc1noc(C)c1-c1cc(C(O)(c2ccccn2)c2ccccn2)c2nc(C3CC3)[nH]c2c1.Cc1noc(C)c1-c1cc(C(O)(c2ccccn2)c2cccnn2)c2nc(C3CC3)[nH]c2c1.Cc1noc(C)c1-c1cc(C(O)(c2cccnc2)c2ccccn2)c2nc(C3CC3)[nH]c2c1.Cc1noc(C)c1-c1cc(C(O)(c2cccnc2)c2cccnc2)c2nc(C3CC3)[nH]c2c1. The molecule has 0 amide bonds. The van der Waals surface area contributed by atoms with Crippen molar-refractivity contribution in [1.29, 1.82) is 0 Å². The van der Waals surface area contributed by atoms with Crippen LogP contribution in [0.4, 0.5) is 0 Å². The molecular weight excluding hydrogens is 1660 g/mol. The maximum atomic E-state index is 12.5. The van der Waals surface area contributed by atoms with Gasteiger partial charge in [0, 0.05) is 153 Å². The van der Waals surface area contributed by atoms with Gasteiger partial charge in [0.2, 0.25) is 0 Å². The Balaban J connectivity index is 0.000000106. The third kappa shape index (κ3) is 15.1. The number of aromatic amines is 4. The molecule has 2 atom stereocenters. The molecule has 0 saturated heterocycles. The van der Waals surface area contributed by atoms with E-state index in [9.17, 15) is 20.4 Å². The smallest absolute Gasteiger partial charge is 0.178 e. The second kappa shape index (κ2) is 33.6. The van der Waals surface area contributed by atoms with Gasteiger partial charge in [0.25, 0.3) is 0 Å². The van der Waals surface area contributed by atoms with Crippen molar-refractivity contribution in [2.24, 2.45) is 0 Å². The molecule has 0 bridgehead atoms. The van der Waals surface area contributed by atoms with Crippen molar-refractivity contribution in [2.75, 3.05) is 0 Å². The second-order valence-electron chi connectivity index (χ2n) is 34.6. The number of aliphatic hydroxyl groups is 4. The van der Waals surface area contributed by atoms with E-state index >= 15 is 0 Å². The number of pyridine rings is 7. The van der Waals surface area contributed by atoms with E-state index in [1.54, 1.807) is 86.4 Å². The predicted octanol–water partition coefficient (Wildman–Crippen LogP) is 18.5. The van der Waals surface area contributed by atoms with Crippen LogP contribution in [0.25, 0.3) is 88.6 Å². The van der Waals surface area contributed by atoms with Gasteiger partial charge in [-0.3, -0.25) is 34.9 Å². The quantitative estimate of drug-likeness (QED) is 0.0351. The van der Waals surface area contributed by atoms with E-state index in [0.29, 0.717) is 108 Å². The first-order valence-corrected chi connectivity index (χ1v) is 44.2. The molecule has 2 unspecified atom stereocenters. The molecule has 8 N–H and O–H groups in total. The van der Waals surface area contributed by atoms with Crippen LogP contribution < -0.4 is 0 Å². The van der Waals surface area contributed by atoms with Crippen molar-refractivity contribution in [3.05, 3.63) is 375 Å². The van der Waals surface area contributed by atoms with Gasteiger partial charge in [0.1, 0.15) is 57.6 Å². The number of imidazole rings is 4. The van der Waals surface area contributed by atoms with Gasteiger partial charge in [-0.05, 0) is 256 Å². The lowest BCUT2D eigenvalue weighted by atomic mass is 9.80. The molecule has 4 fully saturated rings. The molecule has 0 radical (unpaired) electrons. The Labute approximate surface area is 755 Å². The third-order valence-corrected chi connectivity index (χ3v) is 25.4. The number of nitrogens with zero attached hydrogens (tertiary/aromatic N) is 17. The van der Waals surface area contributed by atoms with Crippen molar-refractivity contribution < 1.29 is 38.5 Å². The highest BCUT2D eigenvalue weighted by Gasteiger charge is 2.46. The molecule has 4 aromatic carbocycles. The molecule has 132 heavy (non-hydrogen) atoms. The number of aromatic nitrogens is 21. The summed E-state index contributed by atoms with van der Waals surface area (Å²) >= 11 is 0. The van der Waals surface area contributed by atoms with E-state index in [-0.39, 0.29) is 0 Å². The Morgan fingerprint density at radius 3 is 0.803 bits per heavy atom. The van der Waals surface area contributed by atoms with Gasteiger partial charge < -0.3 is 58.5 Å². The Kier molecular flexibility index (Phi) is 21.2. The number of nitrogens with one attached hydrogen (secondary N) is 4. The molecule has 656 valence electrons. The highest BCUT2D eigenvalue weighted by molar-refractivity contribution is 5.92. The number of hydrogen-bond donors (Lipinski definition) is 8. The third-order valence-electron chi connectivity index (χ3n) is 25.4. The maximum absolute atomic E-state index is 12.5. The first kappa shape index (κ1) is 83.5. The minimum atomic E-state index is -1.67. The minimum absolute atomic E-state index is 0.372. The predicted molar refractivity (Wildman–Crippen MR) is 492 cm³/mol. The van der Waals surface area contributed by atoms with Crippen LogP contribution in [0, 0.1) is 55.4 Å². The highest BCUT2D eigenvalue weighted by atomic mass is 16.5. The molecular formula is C103H91N21O8. The molecule has 16 aromatic heterocycles. The van der Waals surface area contributed by atoms with Gasteiger partial charge in [-0.15, -0.1) is 0 Å². The van der Waals surface area contributed by atoms with Crippen molar-refractivity contribution in [1.82, 2.24) is 106 Å². The van der Waals surface area contributed by atoms with E-state index in [1.807, 2.05) is 189 Å². The largest absolute Gasteiger partial charge is 0.376 e. The van der Waals surface area contributed by atoms with Crippen LogP contribution in [0.2, 0.25) is 0 Å². The van der Waals surface area contributed by atoms with E-state index in [1.165, 1.54) is 0 Å². The Morgan fingerprint density at radius 2 is 0.553 bits per heavy atom. The van der Waals surface area contributed by atoms with Gasteiger partial charge in [-0.1, -0.05) is 63.1 Å². The van der Waals surface area contributed by atoms with Crippen LogP contribution in [0.1, 0.15) is 212 Å². The Bertz CT molecular complexity index is 6480. The van der Waals surface area contributed by atoms with E-state index in [0.717, 1.165) is 192 Å². The minimum Gasteiger partial charge on any atom is -0.376 e. The molecule has 29 nitrogen and oxygen atoms in total. The number of fused-ring (bicyclic) bond motifs is 4. The number of hydrogen-bond acceptors (Lipinski definition) is 25. The topological polar surface area (TPSA) is 416 Å². The highest BCUT2D eigenvalue weighted by Crippen LogP contribution is 2.51. The molecule has 4 aliphatic rings. The summed E-state index contributed by atoms with van der Waals surface area (Å²) in [5.41, 5.74) is 17.0. The van der Waals surface area contributed by atoms with Crippen LogP contribution in [-0.2, 0) is 22.4 Å². The Morgan fingerprint density at radius 1 is 0.288 bits per heavy atom. The van der Waals surface area contributed by atoms with Gasteiger partial charge in [-0.25, -0.2) is 19.9 Å². The normalized spacial score (nSPS) is 14.9. The monoisotopic (exact) mass is 1750 g/mol. The lowest BCUT2D eigenvalue weighted by Crippen LogP contribution is -2.32. The van der Waals surface area contributed by atoms with Gasteiger partial charge >= 0.3 is 0 Å². The van der Waals surface area contributed by atoms with Crippen LogP contribution in [0.5, 0.6) is 0 Å². The average Bonchev–Trinajstić information content (AvgIpc) is 1.51. The first-order valence-electron chi connectivity index (χ1n) is 44.2. The first-order chi connectivity index (χ1) is 64.2. The fraction of sp³-hybridized carbons (Fsp3) is 0.233. The second-order valence-corrected chi connectivity index (χ2v) is 34.6. The summed E-state index contributed by atoms with van der Waals surface area (Å²) in [5, 5.41) is 74.6. The van der Waals surface area contributed by atoms with Gasteiger partial charge in [-0.2, -0.15) is 10.2 Å². The molecule has 20 aromatic rings. The Hall–Kier alpha value is -15.4. The molecule has 0 aliphatic heterocycles. The zero-order chi connectivity index (χ0) is 90.3. The lowest BCUT2D eigenvalue weighted by molar-refractivity contribution is 0.116. The number of rotatable bonds is 20. The molecule has 29 heteroatoms. The lowest BCUT2D eigenvalue weighted by Gasteiger charge is -2.30. The number of H-pyrrole nitrogens is 4. The van der Waals surface area contributed by atoms with Crippen LogP contribution in [0.3, 0.4) is 0 Å². The van der Waals surface area contributed by atoms with Crippen LogP contribution in [0.15, 0.2) is 256 Å². The van der Waals surface area contributed by atoms with Crippen LogP contribution >= 0.6 is 0 Å². The summed E-state index contributed by atoms with van der Waals surface area (Å²) in [6.45, 7) is 15.2. The fourth-order valence-electron chi connectivity index (χ4n) is 18.3. The average molecular weight is 1750 g/mol. The summed E-state index contributed by atoms with van der Waals surface area (Å²) < 4.78 is 21.8. The summed E-state index contributed by atoms with van der Waals surface area (Å²) in [5.74, 6) is 8.42. The molecule has 0 spiro atoms. The molecule has 4 aliphatic carbocycles. The zero-order valence-corrected chi connectivity index (χ0v) is 73.5. The fourth-order valence-corrected chi connectivity index (χ4v) is 18.3. The van der Waals surface area contributed by atoms with Gasteiger partial charge in [0.05, 0.1) is 89.7 Å². The summed E-state index contributed by atoms with van der Waals surface area (Å²) in [6, 6.07) is 52.7. The summed E-state index contributed by atoms with van der Waals surface area (Å²) in [6.07, 6.45) is 27.4. The van der Waals surface area contributed by atoms with E-state index in [2.05, 4.69) is 104 Å². The maximum Gasteiger partial charge on any atom is 0.178 e. The molecule has 16 heterocycles.